The molecule has 0 saturated heterocycles. The number of carbonyl (C=O) groups excluding carboxylic acids is 2. The molecule has 3 N–H and O–H groups in total. The van der Waals surface area contributed by atoms with E-state index >= 15 is 0 Å². The monoisotopic (exact) mass is 431 g/mol. The molecule has 0 aliphatic heterocycles. The number of fused-ring (bicyclic) bond motifs is 1. The molecule has 2 amide bonds. The molecule has 10 nitrogen and oxygen atoms in total. The maximum absolute atomic E-state index is 11.9. The van der Waals surface area contributed by atoms with Crippen LogP contribution in [0.4, 0.5) is 10.7 Å². The Balaban J connectivity index is 1.79. The molecule has 0 fully saturated rings. The van der Waals surface area contributed by atoms with Gasteiger partial charge in [0.05, 0.1) is 11.0 Å². The number of H-pyrrole nitrogens is 1. The summed E-state index contributed by atoms with van der Waals surface area (Å²) in [4.78, 5) is 43.7. The van der Waals surface area contributed by atoms with Crippen molar-refractivity contribution >= 4 is 29.0 Å². The van der Waals surface area contributed by atoms with Crippen LogP contribution >= 0.6 is 0 Å². The van der Waals surface area contributed by atoms with Crippen LogP contribution in [0.2, 0.25) is 0 Å². The summed E-state index contributed by atoms with van der Waals surface area (Å²) in [6.45, 7) is 3.83. The lowest BCUT2D eigenvalue weighted by atomic mass is 10.0. The van der Waals surface area contributed by atoms with E-state index in [1.54, 1.807) is 30.9 Å². The lowest BCUT2D eigenvalue weighted by Crippen LogP contribution is -2.28. The van der Waals surface area contributed by atoms with Crippen LogP contribution in [0.3, 0.4) is 0 Å². The molecule has 0 aliphatic rings. The first kappa shape index (κ1) is 20.9. The zero-order valence-corrected chi connectivity index (χ0v) is 17.5. The number of aromatic amines is 1. The average molecular weight is 431 g/mol. The number of amides is 2. The fourth-order valence-corrected chi connectivity index (χ4v) is 3.18. The van der Waals surface area contributed by atoms with E-state index in [-0.39, 0.29) is 18.6 Å². The topological polar surface area (TPSA) is 135 Å². The van der Waals surface area contributed by atoms with Gasteiger partial charge in [-0.3, -0.25) is 15.1 Å². The lowest BCUT2D eigenvalue weighted by Gasteiger charge is -2.08. The van der Waals surface area contributed by atoms with Gasteiger partial charge in [0.1, 0.15) is 6.61 Å². The number of rotatable bonds is 6. The average Bonchev–Trinajstić information content (AvgIpc) is 3.20. The highest BCUT2D eigenvalue weighted by Crippen LogP contribution is 2.32. The number of imidazole rings is 1. The molecular formula is C22H21N7O3. The van der Waals surface area contributed by atoms with Crippen LogP contribution in [-0.2, 0) is 16.1 Å². The number of anilines is 1. The van der Waals surface area contributed by atoms with Gasteiger partial charge in [0.2, 0.25) is 5.95 Å². The van der Waals surface area contributed by atoms with Gasteiger partial charge in [-0.15, -0.1) is 0 Å². The molecule has 0 aliphatic carbocycles. The van der Waals surface area contributed by atoms with Gasteiger partial charge >= 0.3 is 12.0 Å². The van der Waals surface area contributed by atoms with Gasteiger partial charge in [0.15, 0.2) is 5.82 Å². The Labute approximate surface area is 183 Å². The van der Waals surface area contributed by atoms with Crippen LogP contribution < -0.4 is 10.6 Å². The summed E-state index contributed by atoms with van der Waals surface area (Å²) in [5.74, 6) is 0.461. The van der Waals surface area contributed by atoms with Crippen molar-refractivity contribution in [2.24, 2.45) is 0 Å². The third-order valence-electron chi connectivity index (χ3n) is 4.54. The molecule has 32 heavy (non-hydrogen) atoms. The van der Waals surface area contributed by atoms with E-state index in [9.17, 15) is 9.59 Å². The van der Waals surface area contributed by atoms with Crippen molar-refractivity contribution in [2.45, 2.75) is 20.5 Å². The van der Waals surface area contributed by atoms with Crippen molar-refractivity contribution in [1.29, 1.82) is 0 Å². The lowest BCUT2D eigenvalue weighted by molar-refractivity contribution is -0.142. The number of ether oxygens (including phenoxy) is 1. The number of carbonyl (C=O) groups is 2. The smallest absolute Gasteiger partial charge is 0.321 e. The Morgan fingerprint density at radius 2 is 1.91 bits per heavy atom. The molecule has 0 unspecified atom stereocenters. The Kier molecular flexibility index (Phi) is 6.02. The van der Waals surface area contributed by atoms with Crippen molar-refractivity contribution in [3.05, 3.63) is 54.6 Å². The highest BCUT2D eigenvalue weighted by Gasteiger charge is 2.15. The number of nitrogens with zero attached hydrogens (tertiary/aromatic N) is 4. The number of esters is 1. The summed E-state index contributed by atoms with van der Waals surface area (Å²) in [6, 6.07) is 7.09. The van der Waals surface area contributed by atoms with Crippen LogP contribution in [0.5, 0.6) is 0 Å². The van der Waals surface area contributed by atoms with E-state index in [2.05, 4.69) is 35.6 Å². The number of nitrogens with one attached hydrogen (secondary N) is 3. The molecule has 4 rings (SSSR count). The molecule has 1 aromatic carbocycles. The molecule has 10 heteroatoms. The summed E-state index contributed by atoms with van der Waals surface area (Å²) >= 11 is 0. The second-order valence-electron chi connectivity index (χ2n) is 6.92. The minimum absolute atomic E-state index is 0.135. The summed E-state index contributed by atoms with van der Waals surface area (Å²) in [7, 11) is 0. The maximum Gasteiger partial charge on any atom is 0.321 e. The summed E-state index contributed by atoms with van der Waals surface area (Å²) in [6.07, 6.45) is 6.68. The summed E-state index contributed by atoms with van der Waals surface area (Å²) in [5.41, 5.74) is 4.44. The fraction of sp³-hybridized carbons (Fsp3) is 0.182. The SMILES string of the molecule is CCNC(=O)Nc1nc2cc(-c3cncc(COC(C)=O)c3)cc(-c3ncccn3)c2[nH]1. The van der Waals surface area contributed by atoms with Crippen molar-refractivity contribution in [2.75, 3.05) is 11.9 Å². The second kappa shape index (κ2) is 9.21. The molecule has 162 valence electrons. The molecular weight excluding hydrogens is 410 g/mol. The molecule has 0 spiro atoms. The first-order valence-electron chi connectivity index (χ1n) is 9.97. The molecule has 0 bridgehead atoms. The zero-order chi connectivity index (χ0) is 22.5. The van der Waals surface area contributed by atoms with Gasteiger partial charge in [0.25, 0.3) is 0 Å². The van der Waals surface area contributed by atoms with Gasteiger partial charge in [-0.25, -0.2) is 19.7 Å². The number of pyridine rings is 1. The fourth-order valence-electron chi connectivity index (χ4n) is 3.18. The van der Waals surface area contributed by atoms with E-state index < -0.39 is 0 Å². The van der Waals surface area contributed by atoms with E-state index in [1.165, 1.54) is 6.92 Å². The quantitative estimate of drug-likeness (QED) is 0.399. The number of hydrogen-bond donors (Lipinski definition) is 3. The minimum Gasteiger partial charge on any atom is -0.461 e. The third kappa shape index (κ3) is 4.69. The Hall–Kier alpha value is -4.34. The predicted octanol–water partition coefficient (Wildman–Crippen LogP) is 3.29. The zero-order valence-electron chi connectivity index (χ0n) is 17.5. The summed E-state index contributed by atoms with van der Waals surface area (Å²) in [5, 5.41) is 5.36. The number of aromatic nitrogens is 5. The highest BCUT2D eigenvalue weighted by atomic mass is 16.5. The molecule has 3 heterocycles. The van der Waals surface area contributed by atoms with Crippen molar-refractivity contribution in [1.82, 2.24) is 30.2 Å². The first-order chi connectivity index (χ1) is 15.5. The number of urea groups is 1. The van der Waals surface area contributed by atoms with Gasteiger partial charge in [0, 0.05) is 54.9 Å². The summed E-state index contributed by atoms with van der Waals surface area (Å²) < 4.78 is 5.08. The normalized spacial score (nSPS) is 10.7. The largest absolute Gasteiger partial charge is 0.461 e. The van der Waals surface area contributed by atoms with Crippen LogP contribution in [0, 0.1) is 0 Å². The van der Waals surface area contributed by atoms with Gasteiger partial charge in [-0.2, -0.15) is 0 Å². The van der Waals surface area contributed by atoms with Gasteiger partial charge < -0.3 is 15.0 Å². The molecule has 3 aromatic heterocycles. The van der Waals surface area contributed by atoms with E-state index in [1.807, 2.05) is 25.1 Å². The van der Waals surface area contributed by atoms with Crippen molar-refractivity contribution in [3.63, 3.8) is 0 Å². The second-order valence-corrected chi connectivity index (χ2v) is 6.92. The van der Waals surface area contributed by atoms with E-state index in [4.69, 9.17) is 4.74 Å². The molecule has 4 aromatic rings. The molecule has 0 radical (unpaired) electrons. The Morgan fingerprint density at radius 1 is 1.09 bits per heavy atom. The van der Waals surface area contributed by atoms with Crippen molar-refractivity contribution in [3.8, 4) is 22.5 Å². The third-order valence-corrected chi connectivity index (χ3v) is 4.54. The van der Waals surface area contributed by atoms with Crippen LogP contribution in [-0.4, -0.2) is 43.5 Å². The maximum atomic E-state index is 11.9. The van der Waals surface area contributed by atoms with E-state index in [0.29, 0.717) is 29.4 Å². The van der Waals surface area contributed by atoms with Gasteiger partial charge in [-0.1, -0.05) is 0 Å². The van der Waals surface area contributed by atoms with Gasteiger partial charge in [-0.05, 0) is 36.8 Å². The molecule has 0 saturated carbocycles. The van der Waals surface area contributed by atoms with Crippen LogP contribution in [0.25, 0.3) is 33.5 Å². The standard InChI is InChI=1S/C22H21N7O3/c1-3-24-22(31)29-21-27-18-9-15(16-7-14(10-23-11-16)12-32-13(2)30)8-17(19(18)28-21)20-25-5-4-6-26-20/h4-11H,3,12H2,1-2H3,(H3,24,27,28,29,31). The number of hydrogen-bond acceptors (Lipinski definition) is 7. The minimum atomic E-state index is -0.357. The van der Waals surface area contributed by atoms with Crippen LogP contribution in [0.1, 0.15) is 19.4 Å². The van der Waals surface area contributed by atoms with Crippen LogP contribution in [0.15, 0.2) is 49.1 Å². The Bertz CT molecular complexity index is 1270. The highest BCUT2D eigenvalue weighted by molar-refractivity contribution is 5.97. The first-order valence-corrected chi connectivity index (χ1v) is 9.97. The Morgan fingerprint density at radius 3 is 2.66 bits per heavy atom. The predicted molar refractivity (Wildman–Crippen MR) is 119 cm³/mol. The molecule has 0 atom stereocenters. The van der Waals surface area contributed by atoms with Crippen molar-refractivity contribution < 1.29 is 14.3 Å². The van der Waals surface area contributed by atoms with E-state index in [0.717, 1.165) is 22.3 Å². The number of benzene rings is 1.